The summed E-state index contributed by atoms with van der Waals surface area (Å²) in [6.45, 7) is 2.57. The molecule has 0 unspecified atom stereocenters. The van der Waals surface area contributed by atoms with Crippen LogP contribution in [0.1, 0.15) is 22.5 Å². The lowest BCUT2D eigenvalue weighted by Gasteiger charge is -2.23. The summed E-state index contributed by atoms with van der Waals surface area (Å²) in [5, 5.41) is 0. The molecule has 0 fully saturated rings. The Morgan fingerprint density at radius 2 is 1.28 bits per heavy atom. The molecule has 3 aromatic carbocycles. The molecule has 0 saturated carbocycles. The van der Waals surface area contributed by atoms with Gasteiger partial charge in [-0.15, -0.1) is 0 Å². The highest BCUT2D eigenvalue weighted by atomic mass is 16.2. The second-order valence-electron chi connectivity index (χ2n) is 9.02. The molecular formula is C29H29N5O2. The van der Waals surface area contributed by atoms with Gasteiger partial charge in [-0.1, -0.05) is 91.0 Å². The van der Waals surface area contributed by atoms with Crippen LogP contribution < -0.4 is 11.2 Å². The average Bonchev–Trinajstić information content (AvgIpc) is 3.26. The number of aryl methyl sites for hydroxylation is 3. The predicted molar refractivity (Wildman–Crippen MR) is 142 cm³/mol. The van der Waals surface area contributed by atoms with Crippen molar-refractivity contribution < 1.29 is 0 Å². The largest absolute Gasteiger partial charge is 0.329 e. The summed E-state index contributed by atoms with van der Waals surface area (Å²) in [6.07, 6.45) is 0.749. The van der Waals surface area contributed by atoms with E-state index in [0.717, 1.165) is 25.3 Å². The lowest BCUT2D eigenvalue weighted by atomic mass is 10.1. The zero-order valence-electron chi connectivity index (χ0n) is 20.3. The molecule has 2 aromatic heterocycles. The van der Waals surface area contributed by atoms with Crippen LogP contribution in [0.15, 0.2) is 101 Å². The van der Waals surface area contributed by atoms with Gasteiger partial charge in [-0.05, 0) is 23.1 Å². The number of aromatic amines is 1. The summed E-state index contributed by atoms with van der Waals surface area (Å²) in [4.78, 5) is 34.8. The van der Waals surface area contributed by atoms with Crippen molar-refractivity contribution in [3.05, 3.63) is 134 Å². The number of nitrogens with zero attached hydrogens (tertiary/aromatic N) is 4. The first-order valence-corrected chi connectivity index (χ1v) is 12.1. The number of rotatable bonds is 9. The second-order valence-corrected chi connectivity index (χ2v) is 9.02. The minimum absolute atomic E-state index is 0.405. The molecule has 5 rings (SSSR count). The van der Waals surface area contributed by atoms with Crippen molar-refractivity contribution in [2.45, 2.75) is 32.6 Å². The van der Waals surface area contributed by atoms with Crippen molar-refractivity contribution in [1.82, 2.24) is 24.0 Å². The Morgan fingerprint density at radius 1 is 0.750 bits per heavy atom. The summed E-state index contributed by atoms with van der Waals surface area (Å²) < 4.78 is 3.39. The molecule has 36 heavy (non-hydrogen) atoms. The van der Waals surface area contributed by atoms with Gasteiger partial charge in [0.2, 0.25) is 0 Å². The fourth-order valence-corrected chi connectivity index (χ4v) is 4.58. The summed E-state index contributed by atoms with van der Waals surface area (Å²) in [5.41, 5.74) is 3.55. The van der Waals surface area contributed by atoms with Crippen LogP contribution in [0.4, 0.5) is 0 Å². The van der Waals surface area contributed by atoms with Gasteiger partial charge < -0.3 is 4.57 Å². The molecule has 0 radical (unpaired) electrons. The van der Waals surface area contributed by atoms with Crippen LogP contribution in [0, 0.1) is 0 Å². The van der Waals surface area contributed by atoms with Gasteiger partial charge >= 0.3 is 5.69 Å². The van der Waals surface area contributed by atoms with Gasteiger partial charge in [0, 0.05) is 26.7 Å². The number of H-pyrrole nitrogens is 1. The highest BCUT2D eigenvalue weighted by Gasteiger charge is 2.20. The minimum Gasteiger partial charge on any atom is -0.321 e. The van der Waals surface area contributed by atoms with Crippen molar-refractivity contribution >= 4 is 11.2 Å². The van der Waals surface area contributed by atoms with Gasteiger partial charge in [-0.3, -0.25) is 19.2 Å². The molecule has 5 aromatic rings. The average molecular weight is 480 g/mol. The number of benzene rings is 3. The Hall–Kier alpha value is -4.23. The van der Waals surface area contributed by atoms with Crippen LogP contribution in [0.25, 0.3) is 11.2 Å². The fraction of sp³-hybridized carbons (Fsp3) is 0.207. The number of hydrogen-bond donors (Lipinski definition) is 1. The summed E-state index contributed by atoms with van der Waals surface area (Å²) in [5.74, 6) is 0.763. The van der Waals surface area contributed by atoms with Crippen molar-refractivity contribution in [3.63, 3.8) is 0 Å². The molecule has 0 amide bonds. The van der Waals surface area contributed by atoms with Crippen molar-refractivity contribution in [1.29, 1.82) is 0 Å². The highest BCUT2D eigenvalue weighted by Crippen LogP contribution is 2.18. The van der Waals surface area contributed by atoms with E-state index in [1.807, 2.05) is 59.2 Å². The Bertz CT molecular complexity index is 1510. The van der Waals surface area contributed by atoms with Crippen LogP contribution in [-0.2, 0) is 39.6 Å². The van der Waals surface area contributed by atoms with Crippen LogP contribution in [0.3, 0.4) is 0 Å². The van der Waals surface area contributed by atoms with Crippen LogP contribution in [0.2, 0.25) is 0 Å². The van der Waals surface area contributed by atoms with Gasteiger partial charge in [0.05, 0.1) is 6.54 Å². The predicted octanol–water partition coefficient (Wildman–Crippen LogP) is 3.87. The lowest BCUT2D eigenvalue weighted by Crippen LogP contribution is -2.29. The Kier molecular flexibility index (Phi) is 6.91. The zero-order valence-corrected chi connectivity index (χ0v) is 20.3. The smallest absolute Gasteiger partial charge is 0.321 e. The van der Waals surface area contributed by atoms with E-state index in [0.29, 0.717) is 24.3 Å². The normalized spacial score (nSPS) is 11.4. The standard InChI is InChI=1S/C29H29N5O2/c1-32-27-26(28(35)31-29(32)36)34(18-17-22-11-5-2-6-12-22)25(30-27)21-33(19-23-13-7-3-8-14-23)20-24-15-9-4-10-16-24/h2-16H,17-21H2,1H3,(H,31,35,36). The van der Waals surface area contributed by atoms with E-state index in [1.165, 1.54) is 21.3 Å². The second kappa shape index (κ2) is 10.6. The molecule has 0 aliphatic rings. The maximum Gasteiger partial charge on any atom is 0.329 e. The first-order valence-electron chi connectivity index (χ1n) is 12.1. The number of aromatic nitrogens is 4. The molecule has 0 spiro atoms. The maximum absolute atomic E-state index is 12.9. The van der Waals surface area contributed by atoms with E-state index in [4.69, 9.17) is 4.98 Å². The number of fused-ring (bicyclic) bond motifs is 1. The van der Waals surface area contributed by atoms with E-state index >= 15 is 0 Å². The molecule has 0 bridgehead atoms. The molecule has 0 aliphatic carbocycles. The van der Waals surface area contributed by atoms with Crippen LogP contribution in [-0.4, -0.2) is 24.0 Å². The lowest BCUT2D eigenvalue weighted by molar-refractivity contribution is 0.238. The van der Waals surface area contributed by atoms with Crippen LogP contribution in [0.5, 0.6) is 0 Å². The van der Waals surface area contributed by atoms with Gasteiger partial charge in [0.25, 0.3) is 5.56 Å². The van der Waals surface area contributed by atoms with Crippen molar-refractivity contribution in [2.75, 3.05) is 0 Å². The topological polar surface area (TPSA) is 75.9 Å². The number of imidazole rings is 1. The van der Waals surface area contributed by atoms with Crippen LogP contribution >= 0.6 is 0 Å². The van der Waals surface area contributed by atoms with E-state index < -0.39 is 11.2 Å². The number of hydrogen-bond acceptors (Lipinski definition) is 4. The fourth-order valence-electron chi connectivity index (χ4n) is 4.58. The number of nitrogens with one attached hydrogen (secondary N) is 1. The summed E-state index contributed by atoms with van der Waals surface area (Å²) >= 11 is 0. The molecule has 0 atom stereocenters. The van der Waals surface area contributed by atoms with Crippen molar-refractivity contribution in [3.8, 4) is 0 Å². The Morgan fingerprint density at radius 3 is 1.83 bits per heavy atom. The maximum atomic E-state index is 12.9. The third-order valence-electron chi connectivity index (χ3n) is 6.42. The Labute approximate surface area is 209 Å². The molecular weight excluding hydrogens is 450 g/mol. The SMILES string of the molecule is Cn1c(=O)[nH]c(=O)c2c1nc(CN(Cc1ccccc1)Cc1ccccc1)n2CCc1ccccc1. The molecule has 7 heteroatoms. The summed E-state index contributed by atoms with van der Waals surface area (Å²) in [7, 11) is 1.64. The molecule has 182 valence electrons. The quantitative estimate of drug-likeness (QED) is 0.348. The Balaban J connectivity index is 1.54. The molecule has 1 N–H and O–H groups in total. The molecule has 0 aliphatic heterocycles. The van der Waals surface area contributed by atoms with Gasteiger partial charge in [0.15, 0.2) is 11.2 Å². The van der Waals surface area contributed by atoms with E-state index in [9.17, 15) is 9.59 Å². The van der Waals surface area contributed by atoms with Gasteiger partial charge in [0.1, 0.15) is 5.82 Å². The molecule has 0 saturated heterocycles. The van der Waals surface area contributed by atoms with E-state index in [2.05, 4.69) is 46.3 Å². The zero-order chi connectivity index (χ0) is 24.9. The van der Waals surface area contributed by atoms with Gasteiger partial charge in [-0.2, -0.15) is 0 Å². The molecule has 2 heterocycles. The summed E-state index contributed by atoms with van der Waals surface area (Å²) in [6, 6.07) is 30.8. The minimum atomic E-state index is -0.461. The van der Waals surface area contributed by atoms with E-state index in [1.54, 1.807) is 7.05 Å². The first kappa shape index (κ1) is 23.5. The monoisotopic (exact) mass is 479 g/mol. The molecule has 7 nitrogen and oxygen atoms in total. The van der Waals surface area contributed by atoms with Crippen molar-refractivity contribution in [2.24, 2.45) is 7.05 Å². The highest BCUT2D eigenvalue weighted by molar-refractivity contribution is 5.70. The third-order valence-corrected chi connectivity index (χ3v) is 6.42. The third kappa shape index (κ3) is 5.21. The van der Waals surface area contributed by atoms with Gasteiger partial charge in [-0.25, -0.2) is 9.78 Å². The first-order chi connectivity index (χ1) is 17.6. The van der Waals surface area contributed by atoms with E-state index in [-0.39, 0.29) is 0 Å².